The van der Waals surface area contributed by atoms with E-state index in [9.17, 15) is 21.6 Å². The monoisotopic (exact) mass is 452 g/mol. The van der Waals surface area contributed by atoms with Crippen molar-refractivity contribution < 1.29 is 21.6 Å². The van der Waals surface area contributed by atoms with Crippen LogP contribution in [0.5, 0.6) is 0 Å². The van der Waals surface area contributed by atoms with Crippen LogP contribution in [0.3, 0.4) is 0 Å². The molecule has 4 heterocycles. The molecule has 0 aliphatic rings. The summed E-state index contributed by atoms with van der Waals surface area (Å²) >= 11 is 0. The predicted molar refractivity (Wildman–Crippen MR) is 104 cm³/mol. The van der Waals surface area contributed by atoms with Gasteiger partial charge in [0.05, 0.1) is 27.9 Å². The van der Waals surface area contributed by atoms with Crippen LogP contribution in [0, 0.1) is 0 Å². The zero-order valence-corrected chi connectivity index (χ0v) is 17.0. The van der Waals surface area contributed by atoms with E-state index in [4.69, 9.17) is 5.73 Å². The molecular formula is C17H15F3N8O2S. The van der Waals surface area contributed by atoms with Gasteiger partial charge in [0.15, 0.2) is 21.5 Å². The Kier molecular flexibility index (Phi) is 4.68. The van der Waals surface area contributed by atoms with Crippen molar-refractivity contribution in [2.24, 2.45) is 7.05 Å². The molecule has 14 heteroatoms. The Balaban J connectivity index is 1.99. The minimum absolute atomic E-state index is 0.00289. The molecule has 0 saturated heterocycles. The Morgan fingerprint density at radius 2 is 1.90 bits per heavy atom. The zero-order valence-electron chi connectivity index (χ0n) is 16.2. The lowest BCUT2D eigenvalue weighted by Crippen LogP contribution is -2.11. The Bertz CT molecular complexity index is 1410. The highest BCUT2D eigenvalue weighted by Crippen LogP contribution is 2.32. The minimum Gasteiger partial charge on any atom is -0.366 e. The van der Waals surface area contributed by atoms with Crippen LogP contribution >= 0.6 is 0 Å². The summed E-state index contributed by atoms with van der Waals surface area (Å²) < 4.78 is 67.1. The van der Waals surface area contributed by atoms with E-state index in [0.29, 0.717) is 0 Å². The smallest absolute Gasteiger partial charge is 0.366 e. The molecular weight excluding hydrogens is 437 g/mol. The number of hydrogen-bond acceptors (Lipinski definition) is 8. The first kappa shape index (κ1) is 20.7. The van der Waals surface area contributed by atoms with Gasteiger partial charge in [-0.25, -0.2) is 33.0 Å². The van der Waals surface area contributed by atoms with E-state index >= 15 is 0 Å². The fourth-order valence-electron chi connectivity index (χ4n) is 2.97. The van der Waals surface area contributed by atoms with Crippen LogP contribution < -0.4 is 5.73 Å². The number of anilines is 1. The molecule has 2 N–H and O–H groups in total. The average molecular weight is 452 g/mol. The molecule has 0 saturated carbocycles. The third-order valence-corrected chi connectivity index (χ3v) is 6.33. The molecule has 10 nitrogen and oxygen atoms in total. The van der Waals surface area contributed by atoms with Crippen LogP contribution in [-0.2, 0) is 23.1 Å². The summed E-state index contributed by atoms with van der Waals surface area (Å²) in [6.07, 6.45) is -2.32. The molecule has 0 fully saturated rings. The number of fused-ring (bicyclic) bond motifs is 1. The van der Waals surface area contributed by atoms with E-state index in [2.05, 4.69) is 25.0 Å². The molecule has 0 spiro atoms. The maximum atomic E-state index is 13.0. The standard InChI is InChI=1S/C17H15F3N8O2S/c1-3-31(29,30)11-4-5-13(28-8-23-16(21)26-28)25-14(11)15-24-9-6-12(17(18,19)20)22-7-10(9)27(15)2/h4-8H,3H2,1-2H3,(H2,21,26). The van der Waals surface area contributed by atoms with Gasteiger partial charge in [0.25, 0.3) is 0 Å². The number of hydrogen-bond donors (Lipinski definition) is 1. The van der Waals surface area contributed by atoms with Crippen molar-refractivity contribution in [3.8, 4) is 17.3 Å². The number of alkyl halides is 3. The summed E-state index contributed by atoms with van der Waals surface area (Å²) in [7, 11) is -2.21. The second-order valence-electron chi connectivity index (χ2n) is 6.52. The van der Waals surface area contributed by atoms with Crippen molar-refractivity contribution in [1.82, 2.24) is 34.3 Å². The van der Waals surface area contributed by atoms with Crippen LogP contribution in [0.1, 0.15) is 12.6 Å². The van der Waals surface area contributed by atoms with Gasteiger partial charge in [0, 0.05) is 7.05 Å². The average Bonchev–Trinajstić information content (AvgIpc) is 3.30. The van der Waals surface area contributed by atoms with E-state index in [0.717, 1.165) is 12.3 Å². The largest absolute Gasteiger partial charge is 0.433 e. The van der Waals surface area contributed by atoms with Crippen molar-refractivity contribution in [2.75, 3.05) is 11.5 Å². The van der Waals surface area contributed by atoms with Crippen molar-refractivity contribution in [3.05, 3.63) is 36.4 Å². The van der Waals surface area contributed by atoms with Crippen LogP contribution in [0.15, 0.2) is 35.6 Å². The third-order valence-electron chi connectivity index (χ3n) is 4.57. The molecule has 0 unspecified atom stereocenters. The fraction of sp³-hybridized carbons (Fsp3) is 0.235. The van der Waals surface area contributed by atoms with Gasteiger partial charge in [-0.1, -0.05) is 6.92 Å². The quantitative estimate of drug-likeness (QED) is 0.497. The minimum atomic E-state index is -4.65. The molecule has 0 bridgehead atoms. The summed E-state index contributed by atoms with van der Waals surface area (Å²) in [5.74, 6) is 0.0386. The molecule has 0 atom stereocenters. The van der Waals surface area contributed by atoms with Gasteiger partial charge < -0.3 is 10.3 Å². The summed E-state index contributed by atoms with van der Waals surface area (Å²) in [5, 5.41) is 3.94. The Morgan fingerprint density at radius 3 is 2.52 bits per heavy atom. The van der Waals surface area contributed by atoms with Gasteiger partial charge in [-0.15, -0.1) is 5.10 Å². The number of nitrogens with two attached hydrogens (primary N) is 1. The number of imidazole rings is 1. The SMILES string of the molecule is CCS(=O)(=O)c1ccc(-n2cnc(N)n2)nc1-c1nc2cc(C(F)(F)F)ncc2n1C. The van der Waals surface area contributed by atoms with Gasteiger partial charge in [0.2, 0.25) is 5.95 Å². The number of halogens is 3. The lowest BCUT2D eigenvalue weighted by atomic mass is 10.3. The van der Waals surface area contributed by atoms with E-state index in [1.807, 2.05) is 0 Å². The highest BCUT2D eigenvalue weighted by atomic mass is 32.2. The summed E-state index contributed by atoms with van der Waals surface area (Å²) in [6, 6.07) is 3.56. The topological polar surface area (TPSA) is 134 Å². The summed E-state index contributed by atoms with van der Waals surface area (Å²) in [6.45, 7) is 1.47. The molecule has 4 aromatic rings. The molecule has 0 aromatic carbocycles. The number of aryl methyl sites for hydroxylation is 1. The van der Waals surface area contributed by atoms with Crippen LogP contribution in [0.2, 0.25) is 0 Å². The normalized spacial score (nSPS) is 12.5. The highest BCUT2D eigenvalue weighted by Gasteiger charge is 2.33. The van der Waals surface area contributed by atoms with Gasteiger partial charge in [-0.2, -0.15) is 13.2 Å². The maximum Gasteiger partial charge on any atom is 0.433 e. The first-order valence-electron chi connectivity index (χ1n) is 8.82. The molecule has 4 rings (SSSR count). The van der Waals surface area contributed by atoms with Crippen molar-refractivity contribution >= 4 is 26.8 Å². The first-order valence-corrected chi connectivity index (χ1v) is 10.5. The lowest BCUT2D eigenvalue weighted by molar-refractivity contribution is -0.141. The van der Waals surface area contributed by atoms with Crippen LogP contribution in [0.4, 0.5) is 19.1 Å². The first-order chi connectivity index (χ1) is 14.5. The van der Waals surface area contributed by atoms with Gasteiger partial charge in [-0.05, 0) is 18.2 Å². The summed E-state index contributed by atoms with van der Waals surface area (Å²) in [5.41, 5.74) is 4.66. The number of pyridine rings is 2. The molecule has 0 radical (unpaired) electrons. The van der Waals surface area contributed by atoms with Gasteiger partial charge in [0.1, 0.15) is 17.7 Å². The molecule has 31 heavy (non-hydrogen) atoms. The molecule has 0 aliphatic carbocycles. The predicted octanol–water partition coefficient (Wildman–Crippen LogP) is 2.01. The number of aromatic nitrogens is 7. The summed E-state index contributed by atoms with van der Waals surface area (Å²) in [4.78, 5) is 15.7. The molecule has 162 valence electrons. The zero-order chi connectivity index (χ0) is 22.6. The number of nitrogens with zero attached hydrogens (tertiary/aromatic N) is 7. The van der Waals surface area contributed by atoms with E-state index in [1.54, 1.807) is 0 Å². The Morgan fingerprint density at radius 1 is 1.16 bits per heavy atom. The Labute approximate surface area is 173 Å². The second-order valence-corrected chi connectivity index (χ2v) is 8.76. The highest BCUT2D eigenvalue weighted by molar-refractivity contribution is 7.91. The lowest BCUT2D eigenvalue weighted by Gasteiger charge is -2.11. The maximum absolute atomic E-state index is 13.0. The number of sulfone groups is 1. The number of nitrogen functional groups attached to an aromatic ring is 1. The number of rotatable bonds is 4. The second kappa shape index (κ2) is 7.01. The van der Waals surface area contributed by atoms with Gasteiger partial charge >= 0.3 is 6.18 Å². The fourth-order valence-corrected chi connectivity index (χ4v) is 3.99. The van der Waals surface area contributed by atoms with E-state index < -0.39 is 21.7 Å². The van der Waals surface area contributed by atoms with Crippen molar-refractivity contribution in [2.45, 2.75) is 18.0 Å². The van der Waals surface area contributed by atoms with Gasteiger partial charge in [-0.3, -0.25) is 0 Å². The van der Waals surface area contributed by atoms with E-state index in [1.165, 1.54) is 41.7 Å². The Hall–Kier alpha value is -3.55. The van der Waals surface area contributed by atoms with Crippen LogP contribution in [0.25, 0.3) is 28.4 Å². The molecule has 0 aliphatic heterocycles. The van der Waals surface area contributed by atoms with Crippen LogP contribution in [-0.4, -0.2) is 48.5 Å². The molecule has 0 amide bonds. The molecule has 4 aromatic heterocycles. The van der Waals surface area contributed by atoms with Crippen molar-refractivity contribution in [3.63, 3.8) is 0 Å². The third kappa shape index (κ3) is 3.58. The van der Waals surface area contributed by atoms with Crippen molar-refractivity contribution in [1.29, 1.82) is 0 Å². The van der Waals surface area contributed by atoms with E-state index in [-0.39, 0.29) is 45.0 Å².